The van der Waals surface area contributed by atoms with Crippen molar-refractivity contribution in [3.63, 3.8) is 0 Å². The van der Waals surface area contributed by atoms with Crippen LogP contribution in [0.3, 0.4) is 0 Å². The molecule has 0 radical (unpaired) electrons. The highest BCUT2D eigenvalue weighted by atomic mass is 33.1. The zero-order valence-electron chi connectivity index (χ0n) is 16.5. The lowest BCUT2D eigenvalue weighted by atomic mass is 9.99. The smallest absolute Gasteiger partial charge is 0.348 e. The topological polar surface area (TPSA) is 118 Å². The summed E-state index contributed by atoms with van der Waals surface area (Å²) in [5, 5.41) is 21.8. The van der Waals surface area contributed by atoms with Gasteiger partial charge in [0.15, 0.2) is 0 Å². The first kappa shape index (κ1) is 21.0. The van der Waals surface area contributed by atoms with Gasteiger partial charge in [-0.1, -0.05) is 70.1 Å². The molecule has 33 heavy (non-hydrogen) atoms. The molecule has 0 atom stereocenters. The monoisotopic (exact) mass is 476 g/mol. The normalized spacial score (nSPS) is 12.7. The minimum atomic E-state index is -1.38. The molecule has 0 fully saturated rings. The van der Waals surface area contributed by atoms with Gasteiger partial charge in [0, 0.05) is 9.79 Å². The van der Waals surface area contributed by atoms with E-state index in [1.54, 1.807) is 60.7 Å². The predicted molar refractivity (Wildman–Crippen MR) is 123 cm³/mol. The van der Waals surface area contributed by atoms with E-state index in [4.69, 9.17) is 4.74 Å². The summed E-state index contributed by atoms with van der Waals surface area (Å²) in [5.41, 5.74) is -0.353. The van der Waals surface area contributed by atoms with Gasteiger partial charge in [0.2, 0.25) is 0 Å². The molecule has 9 heteroatoms. The summed E-state index contributed by atoms with van der Waals surface area (Å²) in [4.78, 5) is 49.4. The van der Waals surface area contributed by atoms with E-state index < -0.39 is 23.9 Å². The number of hydrogen-bond acceptors (Lipinski definition) is 7. The SMILES string of the molecule is O=C(O)c1c(SSc2cc3ccccc3c3c2C(=O)OC3=O)cc2ccccc2c1C(=O)O. The molecule has 4 aromatic rings. The minimum absolute atomic E-state index is 0.118. The van der Waals surface area contributed by atoms with Gasteiger partial charge in [-0.25, -0.2) is 19.2 Å². The predicted octanol–water partition coefficient (Wildman–Crippen LogP) is 5.50. The second-order valence-electron chi connectivity index (χ2n) is 7.15. The maximum Gasteiger partial charge on any atom is 0.348 e. The number of benzene rings is 4. The molecule has 0 amide bonds. The number of carboxylic acid groups (broad SMARTS) is 2. The fraction of sp³-hybridized carbons (Fsp3) is 0. The number of ether oxygens (including phenoxy) is 1. The van der Waals surface area contributed by atoms with E-state index in [-0.39, 0.29) is 27.1 Å². The first-order valence-corrected chi connectivity index (χ1v) is 11.7. The Kier molecular flexibility index (Phi) is 5.07. The van der Waals surface area contributed by atoms with E-state index in [1.165, 1.54) is 0 Å². The summed E-state index contributed by atoms with van der Waals surface area (Å²) < 4.78 is 4.83. The minimum Gasteiger partial charge on any atom is -0.478 e. The summed E-state index contributed by atoms with van der Waals surface area (Å²) >= 11 is 0. The van der Waals surface area contributed by atoms with Crippen molar-refractivity contribution in [2.75, 3.05) is 0 Å². The van der Waals surface area contributed by atoms with Gasteiger partial charge < -0.3 is 14.9 Å². The Hall–Kier alpha value is -3.82. The number of fused-ring (bicyclic) bond motifs is 4. The summed E-state index contributed by atoms with van der Waals surface area (Å²) in [7, 11) is 2.07. The van der Waals surface area contributed by atoms with Crippen molar-refractivity contribution in [3.8, 4) is 0 Å². The molecule has 4 aromatic carbocycles. The van der Waals surface area contributed by atoms with E-state index in [0.29, 0.717) is 26.4 Å². The molecule has 0 spiro atoms. The molecule has 0 aliphatic carbocycles. The van der Waals surface area contributed by atoms with Gasteiger partial charge in [0.05, 0.1) is 22.3 Å². The summed E-state index contributed by atoms with van der Waals surface area (Å²) in [6.45, 7) is 0. The molecule has 0 bridgehead atoms. The van der Waals surface area contributed by atoms with Gasteiger partial charge in [-0.15, -0.1) is 0 Å². The van der Waals surface area contributed by atoms with Crippen molar-refractivity contribution in [1.29, 1.82) is 0 Å². The van der Waals surface area contributed by atoms with E-state index in [0.717, 1.165) is 21.6 Å². The molecule has 2 N–H and O–H groups in total. The molecule has 5 rings (SSSR count). The highest BCUT2D eigenvalue weighted by Gasteiger charge is 2.35. The fourth-order valence-corrected chi connectivity index (χ4v) is 6.30. The van der Waals surface area contributed by atoms with Crippen LogP contribution in [0.4, 0.5) is 0 Å². The molecule has 162 valence electrons. The Morgan fingerprint density at radius 2 is 1.18 bits per heavy atom. The van der Waals surface area contributed by atoms with Crippen LogP contribution in [0, 0.1) is 0 Å². The second-order valence-corrected chi connectivity index (χ2v) is 9.36. The Morgan fingerprint density at radius 1 is 0.667 bits per heavy atom. The van der Waals surface area contributed by atoms with Crippen LogP contribution in [0.25, 0.3) is 21.5 Å². The van der Waals surface area contributed by atoms with Crippen molar-refractivity contribution in [1.82, 2.24) is 0 Å². The number of hydrogen-bond donors (Lipinski definition) is 2. The molecule has 0 unspecified atom stereocenters. The van der Waals surface area contributed by atoms with Crippen molar-refractivity contribution in [2.45, 2.75) is 9.79 Å². The molecule has 7 nitrogen and oxygen atoms in total. The Labute approximate surface area is 193 Å². The highest BCUT2D eigenvalue weighted by Crippen LogP contribution is 2.46. The lowest BCUT2D eigenvalue weighted by Crippen LogP contribution is -2.10. The summed E-state index contributed by atoms with van der Waals surface area (Å²) in [6.07, 6.45) is 0. The van der Waals surface area contributed by atoms with Crippen LogP contribution in [-0.4, -0.2) is 34.1 Å². The van der Waals surface area contributed by atoms with E-state index >= 15 is 0 Å². The molecule has 1 aliphatic heterocycles. The van der Waals surface area contributed by atoms with Crippen LogP contribution in [0.5, 0.6) is 0 Å². The first-order chi connectivity index (χ1) is 15.9. The van der Waals surface area contributed by atoms with Crippen molar-refractivity contribution >= 4 is 67.0 Å². The van der Waals surface area contributed by atoms with Crippen LogP contribution < -0.4 is 0 Å². The van der Waals surface area contributed by atoms with Gasteiger partial charge in [-0.2, -0.15) is 0 Å². The number of esters is 2. The number of carbonyl (C=O) groups excluding carboxylic acids is 2. The summed E-state index contributed by atoms with van der Waals surface area (Å²) in [5.74, 6) is -4.23. The average Bonchev–Trinajstić information content (AvgIpc) is 3.10. The van der Waals surface area contributed by atoms with E-state index in [1.807, 2.05) is 0 Å². The van der Waals surface area contributed by atoms with E-state index in [9.17, 15) is 29.4 Å². The Bertz CT molecular complexity index is 1540. The van der Waals surface area contributed by atoms with Gasteiger partial charge in [-0.05, 0) is 33.7 Å². The van der Waals surface area contributed by atoms with Crippen molar-refractivity contribution in [2.24, 2.45) is 0 Å². The third-order valence-electron chi connectivity index (χ3n) is 5.27. The third-order valence-corrected chi connectivity index (χ3v) is 7.68. The Balaban J connectivity index is 1.66. The standard InChI is InChI=1S/C24H12O7S2/c25-21(26)17-13-7-3-1-5-11(13)9-15(19(17)22(27)28)32-33-16-10-12-6-2-4-8-14(12)18-20(16)24(30)31-23(18)29/h1-10H,(H,25,26)(H,27,28). The molecule has 0 saturated heterocycles. The maximum absolute atomic E-state index is 12.4. The number of cyclic esters (lactones) is 2. The number of rotatable bonds is 5. The first-order valence-electron chi connectivity index (χ1n) is 9.56. The zero-order chi connectivity index (χ0) is 23.3. The molecule has 1 aliphatic rings. The Morgan fingerprint density at radius 3 is 1.85 bits per heavy atom. The van der Waals surface area contributed by atoms with Crippen LogP contribution in [-0.2, 0) is 4.74 Å². The van der Waals surface area contributed by atoms with Crippen molar-refractivity contribution in [3.05, 3.63) is 82.9 Å². The average molecular weight is 476 g/mol. The molecule has 0 saturated carbocycles. The summed E-state index contributed by atoms with van der Waals surface area (Å²) in [6, 6.07) is 17.0. The highest BCUT2D eigenvalue weighted by molar-refractivity contribution is 8.76. The number of carboxylic acids is 2. The van der Waals surface area contributed by atoms with Gasteiger partial charge in [0.1, 0.15) is 0 Å². The van der Waals surface area contributed by atoms with Crippen molar-refractivity contribution < 1.29 is 34.1 Å². The van der Waals surface area contributed by atoms with Gasteiger partial charge >= 0.3 is 23.9 Å². The largest absolute Gasteiger partial charge is 0.478 e. The lowest BCUT2D eigenvalue weighted by Gasteiger charge is -2.13. The maximum atomic E-state index is 12.4. The van der Waals surface area contributed by atoms with Crippen LogP contribution in [0.2, 0.25) is 0 Å². The number of aromatic carboxylic acids is 2. The van der Waals surface area contributed by atoms with Gasteiger partial charge in [-0.3, -0.25) is 0 Å². The van der Waals surface area contributed by atoms with Gasteiger partial charge in [0.25, 0.3) is 0 Å². The third kappa shape index (κ3) is 3.42. The molecule has 1 heterocycles. The molecular formula is C24H12O7S2. The number of carbonyl (C=O) groups is 4. The van der Waals surface area contributed by atoms with E-state index in [2.05, 4.69) is 0 Å². The second kappa shape index (κ2) is 7.95. The zero-order valence-corrected chi connectivity index (χ0v) is 18.2. The quantitative estimate of drug-likeness (QED) is 0.219. The lowest BCUT2D eigenvalue weighted by molar-refractivity contribution is 0.0442. The molecular weight excluding hydrogens is 464 g/mol. The van der Waals surface area contributed by atoms with Crippen LogP contribution >= 0.6 is 21.6 Å². The molecule has 0 aromatic heterocycles. The van der Waals surface area contributed by atoms with Crippen LogP contribution in [0.1, 0.15) is 41.4 Å². The fourth-order valence-electron chi connectivity index (χ4n) is 3.90. The van der Waals surface area contributed by atoms with Crippen LogP contribution in [0.15, 0.2) is 70.5 Å².